The lowest BCUT2D eigenvalue weighted by atomic mass is 10.5. The number of nitrogens with zero attached hydrogens (tertiary/aromatic N) is 3. The van der Waals surface area contributed by atoms with Gasteiger partial charge in [-0.1, -0.05) is 6.92 Å². The van der Waals surface area contributed by atoms with E-state index in [1.165, 1.54) is 0 Å². The molecule has 0 fully saturated rings. The fourth-order valence-corrected chi connectivity index (χ4v) is 1.37. The Bertz CT molecular complexity index is 332. The van der Waals surface area contributed by atoms with Crippen molar-refractivity contribution in [1.82, 2.24) is 19.7 Å². The van der Waals surface area contributed by atoms with Gasteiger partial charge < -0.3 is 14.6 Å². The summed E-state index contributed by atoms with van der Waals surface area (Å²) in [5, 5.41) is 15.6. The molecule has 0 aliphatic carbocycles. The van der Waals surface area contributed by atoms with Crippen LogP contribution in [0.15, 0.2) is 0 Å². The number of likely N-dealkylation sites (N-methyl/N-ethyl adjacent to an activating group) is 1. The molecular weight excluding hydrogens is 200 g/mol. The van der Waals surface area contributed by atoms with Crippen LogP contribution in [0.4, 0.5) is 0 Å². The third-order valence-corrected chi connectivity index (χ3v) is 2.54. The molecule has 0 saturated heterocycles. The number of aromatic amines is 1. The summed E-state index contributed by atoms with van der Waals surface area (Å²) in [6.07, 6.45) is 0. The maximum Gasteiger partial charge on any atom is 0.195 e. The minimum Gasteiger partial charge on any atom is -0.388 e. The van der Waals surface area contributed by atoms with Gasteiger partial charge in [-0.05, 0) is 25.8 Å². The SMILES string of the molecule is CCN(C)CCn1c(CO)n[nH]c1=S. The fraction of sp³-hybridized carbons (Fsp3) is 0.750. The predicted octanol–water partition coefficient (Wildman–Crippen LogP) is 0.385. The normalized spacial score (nSPS) is 11.1. The first kappa shape index (κ1) is 11.4. The van der Waals surface area contributed by atoms with Crippen molar-refractivity contribution in [3.63, 3.8) is 0 Å². The summed E-state index contributed by atoms with van der Waals surface area (Å²) < 4.78 is 2.39. The van der Waals surface area contributed by atoms with Crippen molar-refractivity contribution in [3.8, 4) is 0 Å². The minimum absolute atomic E-state index is 0.0804. The van der Waals surface area contributed by atoms with Gasteiger partial charge in [-0.3, -0.25) is 5.10 Å². The fourth-order valence-electron chi connectivity index (χ4n) is 1.13. The highest BCUT2D eigenvalue weighted by Gasteiger charge is 2.04. The van der Waals surface area contributed by atoms with Crippen molar-refractivity contribution >= 4 is 12.2 Å². The lowest BCUT2D eigenvalue weighted by Crippen LogP contribution is -2.23. The van der Waals surface area contributed by atoms with E-state index < -0.39 is 0 Å². The third-order valence-electron chi connectivity index (χ3n) is 2.22. The Balaban J connectivity index is 2.65. The molecule has 0 spiro atoms. The number of H-pyrrole nitrogens is 1. The van der Waals surface area contributed by atoms with Gasteiger partial charge in [0.15, 0.2) is 10.6 Å². The zero-order valence-corrected chi connectivity index (χ0v) is 9.34. The Labute approximate surface area is 88.4 Å². The van der Waals surface area contributed by atoms with Crippen molar-refractivity contribution in [2.45, 2.75) is 20.1 Å². The third kappa shape index (κ3) is 2.63. The Kier molecular flexibility index (Phi) is 4.24. The van der Waals surface area contributed by atoms with E-state index >= 15 is 0 Å². The molecule has 6 heteroatoms. The number of hydrogen-bond acceptors (Lipinski definition) is 4. The van der Waals surface area contributed by atoms with Gasteiger partial charge in [0.25, 0.3) is 0 Å². The van der Waals surface area contributed by atoms with Crippen molar-refractivity contribution < 1.29 is 5.11 Å². The molecule has 1 rings (SSSR count). The highest BCUT2D eigenvalue weighted by atomic mass is 32.1. The molecule has 0 aliphatic rings. The number of hydrogen-bond donors (Lipinski definition) is 2. The first-order valence-electron chi connectivity index (χ1n) is 4.62. The molecule has 14 heavy (non-hydrogen) atoms. The quantitative estimate of drug-likeness (QED) is 0.699. The summed E-state index contributed by atoms with van der Waals surface area (Å²) in [6.45, 7) is 4.68. The van der Waals surface area contributed by atoms with Gasteiger partial charge in [-0.15, -0.1) is 0 Å². The van der Waals surface area contributed by atoms with Gasteiger partial charge in [-0.2, -0.15) is 5.10 Å². The van der Waals surface area contributed by atoms with Crippen LogP contribution in [0.5, 0.6) is 0 Å². The molecule has 1 aromatic heterocycles. The van der Waals surface area contributed by atoms with E-state index in [-0.39, 0.29) is 6.61 Å². The number of nitrogens with one attached hydrogen (secondary N) is 1. The molecule has 1 aromatic rings. The first-order valence-corrected chi connectivity index (χ1v) is 5.03. The number of aliphatic hydroxyl groups excluding tert-OH is 1. The minimum atomic E-state index is -0.0804. The average molecular weight is 216 g/mol. The average Bonchev–Trinajstić information content (AvgIpc) is 2.55. The van der Waals surface area contributed by atoms with E-state index in [2.05, 4.69) is 22.0 Å². The molecule has 0 unspecified atom stereocenters. The zero-order chi connectivity index (χ0) is 10.6. The second kappa shape index (κ2) is 5.23. The highest BCUT2D eigenvalue weighted by molar-refractivity contribution is 7.71. The summed E-state index contributed by atoms with van der Waals surface area (Å²) in [5.74, 6) is 0.597. The van der Waals surface area contributed by atoms with Gasteiger partial charge >= 0.3 is 0 Å². The lowest BCUT2D eigenvalue weighted by molar-refractivity contribution is 0.259. The van der Waals surface area contributed by atoms with E-state index in [0.29, 0.717) is 10.6 Å². The van der Waals surface area contributed by atoms with Gasteiger partial charge in [0.2, 0.25) is 0 Å². The van der Waals surface area contributed by atoms with Gasteiger partial charge in [0, 0.05) is 13.1 Å². The molecule has 0 saturated carbocycles. The molecule has 0 atom stereocenters. The molecule has 0 aliphatic heterocycles. The van der Waals surface area contributed by atoms with Crippen LogP contribution in [-0.4, -0.2) is 44.9 Å². The zero-order valence-electron chi connectivity index (χ0n) is 8.53. The monoisotopic (exact) mass is 216 g/mol. The van der Waals surface area contributed by atoms with Crippen molar-refractivity contribution in [1.29, 1.82) is 0 Å². The second-order valence-electron chi connectivity index (χ2n) is 3.15. The van der Waals surface area contributed by atoms with Crippen LogP contribution in [0.25, 0.3) is 0 Å². The molecule has 2 N–H and O–H groups in total. The topological polar surface area (TPSA) is 57.1 Å². The van der Waals surface area contributed by atoms with Crippen molar-refractivity contribution in [2.24, 2.45) is 0 Å². The van der Waals surface area contributed by atoms with E-state index in [4.69, 9.17) is 17.3 Å². The summed E-state index contributed by atoms with van der Waals surface area (Å²) in [6, 6.07) is 0. The molecule has 0 radical (unpaired) electrons. The molecular formula is C8H16N4OS. The second-order valence-corrected chi connectivity index (χ2v) is 3.54. The summed E-state index contributed by atoms with van der Waals surface area (Å²) in [4.78, 5) is 2.18. The predicted molar refractivity (Wildman–Crippen MR) is 56.5 cm³/mol. The maximum absolute atomic E-state index is 8.99. The van der Waals surface area contributed by atoms with Crippen molar-refractivity contribution in [3.05, 3.63) is 10.6 Å². The molecule has 1 heterocycles. The van der Waals surface area contributed by atoms with Crippen LogP contribution in [0.1, 0.15) is 12.7 Å². The van der Waals surface area contributed by atoms with Gasteiger partial charge in [0.05, 0.1) is 0 Å². The highest BCUT2D eigenvalue weighted by Crippen LogP contribution is 1.98. The van der Waals surface area contributed by atoms with E-state index in [0.717, 1.165) is 19.6 Å². The standard InChI is InChI=1S/C8H16N4OS/c1-3-11(2)4-5-12-7(6-13)9-10-8(12)14/h13H,3-6H2,1-2H3,(H,10,14). The Hall–Kier alpha value is -0.720. The molecule has 0 amide bonds. The Morgan fingerprint density at radius 1 is 1.64 bits per heavy atom. The Morgan fingerprint density at radius 3 is 2.93 bits per heavy atom. The summed E-state index contributed by atoms with van der Waals surface area (Å²) >= 11 is 5.04. The van der Waals surface area contributed by atoms with E-state index in [1.54, 1.807) is 0 Å². The maximum atomic E-state index is 8.99. The van der Waals surface area contributed by atoms with E-state index in [1.807, 2.05) is 11.6 Å². The van der Waals surface area contributed by atoms with Crippen LogP contribution in [0.3, 0.4) is 0 Å². The summed E-state index contributed by atoms with van der Waals surface area (Å²) in [5.41, 5.74) is 0. The van der Waals surface area contributed by atoms with Crippen LogP contribution in [0.2, 0.25) is 0 Å². The number of rotatable bonds is 5. The molecule has 5 nitrogen and oxygen atoms in total. The number of aromatic nitrogens is 3. The first-order chi connectivity index (χ1) is 6.69. The van der Waals surface area contributed by atoms with Gasteiger partial charge in [0.1, 0.15) is 6.61 Å². The van der Waals surface area contributed by atoms with Crippen LogP contribution >= 0.6 is 12.2 Å². The van der Waals surface area contributed by atoms with Crippen molar-refractivity contribution in [2.75, 3.05) is 20.1 Å². The van der Waals surface area contributed by atoms with Gasteiger partial charge in [-0.25, -0.2) is 0 Å². The summed E-state index contributed by atoms with van der Waals surface area (Å²) in [7, 11) is 2.04. The Morgan fingerprint density at radius 2 is 2.36 bits per heavy atom. The number of aliphatic hydroxyl groups is 1. The molecule has 0 aromatic carbocycles. The van der Waals surface area contributed by atoms with Crippen LogP contribution in [0, 0.1) is 4.77 Å². The largest absolute Gasteiger partial charge is 0.388 e. The molecule has 80 valence electrons. The van der Waals surface area contributed by atoms with E-state index in [9.17, 15) is 0 Å². The van der Waals surface area contributed by atoms with Crippen LogP contribution in [-0.2, 0) is 13.2 Å². The lowest BCUT2D eigenvalue weighted by Gasteiger charge is -2.14. The molecule has 0 bridgehead atoms. The smallest absolute Gasteiger partial charge is 0.195 e. The van der Waals surface area contributed by atoms with Crippen LogP contribution < -0.4 is 0 Å².